The largest absolute Gasteiger partial charge is 0.477 e. The van der Waals surface area contributed by atoms with Crippen LogP contribution < -0.4 is 14.8 Å². The van der Waals surface area contributed by atoms with Gasteiger partial charge in [0.15, 0.2) is 5.82 Å². The molecule has 0 radical (unpaired) electrons. The molecule has 0 aliphatic heterocycles. The molecule has 1 aromatic heterocycles. The number of hydrogen-bond donors (Lipinski definition) is 2. The van der Waals surface area contributed by atoms with Crippen LogP contribution in [0.1, 0.15) is 18.9 Å². The molecule has 30 heavy (non-hydrogen) atoms. The van der Waals surface area contributed by atoms with Crippen molar-refractivity contribution in [1.29, 1.82) is 5.26 Å². The third-order valence-corrected chi connectivity index (χ3v) is 4.87. The molecule has 3 aromatic rings. The number of fused-ring (bicyclic) bond motifs is 1. The molecule has 2 aromatic carbocycles. The number of halogens is 3. The van der Waals surface area contributed by atoms with E-state index in [-0.39, 0.29) is 28.3 Å². The van der Waals surface area contributed by atoms with Crippen LogP contribution in [-0.2, 0) is 0 Å². The molecular weight excluding hydrogens is 415 g/mol. The van der Waals surface area contributed by atoms with Crippen LogP contribution in [0.3, 0.4) is 0 Å². The van der Waals surface area contributed by atoms with Crippen molar-refractivity contribution < 1.29 is 17.9 Å². The van der Waals surface area contributed by atoms with E-state index in [4.69, 9.17) is 4.74 Å². The van der Waals surface area contributed by atoms with Gasteiger partial charge in [-0.1, -0.05) is 11.9 Å². The molecule has 2 N–H and O–H groups in total. The highest BCUT2D eigenvalue weighted by atomic mass is 32.2. The van der Waals surface area contributed by atoms with Crippen molar-refractivity contribution in [2.45, 2.75) is 13.3 Å². The summed E-state index contributed by atoms with van der Waals surface area (Å²) in [5.74, 6) is -1.02. The van der Waals surface area contributed by atoms with Gasteiger partial charge in [-0.15, -0.1) is 0 Å². The van der Waals surface area contributed by atoms with Gasteiger partial charge in [0, 0.05) is 5.75 Å². The van der Waals surface area contributed by atoms with Crippen LogP contribution in [0.25, 0.3) is 11.0 Å². The number of nitriles is 1. The van der Waals surface area contributed by atoms with E-state index in [9.17, 15) is 18.4 Å². The van der Waals surface area contributed by atoms with Crippen molar-refractivity contribution >= 4 is 40.0 Å². The van der Waals surface area contributed by atoms with Crippen molar-refractivity contribution in [3.05, 3.63) is 47.7 Å². The quantitative estimate of drug-likeness (QED) is 0.348. The Morgan fingerprint density at radius 1 is 1.20 bits per heavy atom. The van der Waals surface area contributed by atoms with Crippen molar-refractivity contribution in [1.82, 2.24) is 9.97 Å². The van der Waals surface area contributed by atoms with Crippen molar-refractivity contribution in [3.63, 3.8) is 0 Å². The predicted octanol–water partition coefficient (Wildman–Crippen LogP) is 5.34. The number of ether oxygens (including phenoxy) is 1. The first-order valence-electron chi connectivity index (χ1n) is 9.10. The molecule has 0 atom stereocenters. The van der Waals surface area contributed by atoms with Crippen LogP contribution in [-0.4, -0.2) is 29.0 Å². The molecule has 0 fully saturated rings. The number of aromatic nitrogens is 2. The van der Waals surface area contributed by atoms with Gasteiger partial charge in [0.25, 0.3) is 0 Å². The molecule has 0 bridgehead atoms. The second-order valence-corrected chi connectivity index (χ2v) is 6.91. The Kier molecular flexibility index (Phi) is 7.19. The Bertz CT molecular complexity index is 1090. The first kappa shape index (κ1) is 21.5. The minimum absolute atomic E-state index is 0.0421. The molecule has 0 unspecified atom stereocenters. The highest BCUT2D eigenvalue weighted by Gasteiger charge is 2.17. The topological polar surface area (TPSA) is 82.9 Å². The molecule has 0 spiro atoms. The molecule has 3 rings (SSSR count). The average Bonchev–Trinajstić information content (AvgIpc) is 2.75. The van der Waals surface area contributed by atoms with E-state index in [2.05, 4.69) is 20.0 Å². The van der Waals surface area contributed by atoms with Gasteiger partial charge >= 0.3 is 0 Å². The fourth-order valence-electron chi connectivity index (χ4n) is 2.63. The van der Waals surface area contributed by atoms with E-state index in [0.29, 0.717) is 24.3 Å². The summed E-state index contributed by atoms with van der Waals surface area (Å²) in [5.41, 5.74) is 0.576. The van der Waals surface area contributed by atoms with Crippen LogP contribution in [0.2, 0.25) is 0 Å². The average molecular weight is 433 g/mol. The van der Waals surface area contributed by atoms with Crippen molar-refractivity contribution in [2.75, 3.05) is 29.1 Å². The monoisotopic (exact) mass is 433 g/mol. The number of alkyl halides is 1. The van der Waals surface area contributed by atoms with E-state index in [1.165, 1.54) is 18.3 Å². The van der Waals surface area contributed by atoms with E-state index < -0.39 is 24.0 Å². The number of hydrogen-bond acceptors (Lipinski definition) is 7. The van der Waals surface area contributed by atoms with Gasteiger partial charge in [-0.2, -0.15) is 5.26 Å². The lowest BCUT2D eigenvalue weighted by Gasteiger charge is -2.14. The maximum Gasteiger partial charge on any atom is 0.232 e. The fourth-order valence-corrected chi connectivity index (χ4v) is 3.30. The number of benzene rings is 2. The van der Waals surface area contributed by atoms with E-state index in [1.54, 1.807) is 13.0 Å². The van der Waals surface area contributed by atoms with Crippen LogP contribution >= 0.6 is 11.9 Å². The number of nitrogens with one attached hydrogen (secondary N) is 2. The predicted molar refractivity (Wildman–Crippen MR) is 112 cm³/mol. The lowest BCUT2D eigenvalue weighted by atomic mass is 10.1. The molecule has 0 amide bonds. The van der Waals surface area contributed by atoms with Gasteiger partial charge < -0.3 is 14.8 Å². The molecule has 0 saturated heterocycles. The van der Waals surface area contributed by atoms with Gasteiger partial charge in [0.2, 0.25) is 5.88 Å². The molecule has 156 valence electrons. The van der Waals surface area contributed by atoms with Crippen molar-refractivity contribution in [2.24, 2.45) is 0 Å². The van der Waals surface area contributed by atoms with Gasteiger partial charge in [-0.3, -0.25) is 4.39 Å². The summed E-state index contributed by atoms with van der Waals surface area (Å²) < 4.78 is 49.5. The summed E-state index contributed by atoms with van der Waals surface area (Å²) in [6, 6.07) is 7.46. The molecule has 10 heteroatoms. The minimum Gasteiger partial charge on any atom is -0.477 e. The minimum atomic E-state index is -0.860. The standard InChI is InChI=1S/C20H18F3N5OS/c1-2-29-17-11-25-16-7-6-14(12(10-24)19(16)27-17)26-20-13(22)4-5-15(18(20)23)28-30-9-3-8-21/h4-7,11,26,28H,2-3,8-9H2,1H3. The molecule has 0 aliphatic rings. The van der Waals surface area contributed by atoms with Crippen molar-refractivity contribution in [3.8, 4) is 11.9 Å². The van der Waals surface area contributed by atoms with E-state index >= 15 is 0 Å². The van der Waals surface area contributed by atoms with Gasteiger partial charge in [0.05, 0.1) is 36.4 Å². The zero-order chi connectivity index (χ0) is 21.5. The van der Waals surface area contributed by atoms with E-state index in [1.807, 2.05) is 6.07 Å². The van der Waals surface area contributed by atoms with Crippen LogP contribution in [0.4, 0.5) is 30.2 Å². The third-order valence-electron chi connectivity index (χ3n) is 4.01. The molecule has 0 saturated carbocycles. The lowest BCUT2D eigenvalue weighted by molar-refractivity contribution is 0.326. The van der Waals surface area contributed by atoms with E-state index in [0.717, 1.165) is 18.0 Å². The zero-order valence-corrected chi connectivity index (χ0v) is 16.8. The second kappa shape index (κ2) is 10.0. The summed E-state index contributed by atoms with van der Waals surface area (Å²) in [6.45, 7) is 1.69. The van der Waals surface area contributed by atoms with Gasteiger partial charge in [-0.05, 0) is 37.6 Å². The third kappa shape index (κ3) is 4.68. The highest BCUT2D eigenvalue weighted by molar-refractivity contribution is 8.00. The summed E-state index contributed by atoms with van der Waals surface area (Å²) in [7, 11) is 0. The fraction of sp³-hybridized carbons (Fsp3) is 0.250. The summed E-state index contributed by atoms with van der Waals surface area (Å²) in [6.07, 6.45) is 1.76. The maximum absolute atomic E-state index is 14.9. The second-order valence-electron chi connectivity index (χ2n) is 6.01. The Labute approximate surface area is 175 Å². The van der Waals surface area contributed by atoms with Crippen LogP contribution in [0, 0.1) is 23.0 Å². The number of rotatable bonds is 9. The Balaban J connectivity index is 1.96. The molecule has 6 nitrogen and oxygen atoms in total. The number of anilines is 3. The summed E-state index contributed by atoms with van der Waals surface area (Å²) >= 11 is 1.12. The Hall–Kier alpha value is -3.19. The van der Waals surface area contributed by atoms with Crippen LogP contribution in [0.5, 0.6) is 5.88 Å². The maximum atomic E-state index is 14.9. The zero-order valence-electron chi connectivity index (χ0n) is 16.0. The first-order chi connectivity index (χ1) is 14.6. The lowest BCUT2D eigenvalue weighted by Crippen LogP contribution is -2.04. The molecular formula is C20H18F3N5OS. The highest BCUT2D eigenvalue weighted by Crippen LogP contribution is 2.33. The van der Waals surface area contributed by atoms with Gasteiger partial charge in [-0.25, -0.2) is 18.7 Å². The van der Waals surface area contributed by atoms with Gasteiger partial charge in [0.1, 0.15) is 28.7 Å². The first-order valence-corrected chi connectivity index (χ1v) is 10.1. The number of nitrogens with zero attached hydrogens (tertiary/aromatic N) is 3. The molecule has 0 aliphatic carbocycles. The SMILES string of the molecule is CCOc1cnc2ccc(Nc3c(F)ccc(NSCCCF)c3F)c(C#N)c2n1. The smallest absolute Gasteiger partial charge is 0.232 e. The summed E-state index contributed by atoms with van der Waals surface area (Å²) in [5, 5.41) is 12.3. The van der Waals surface area contributed by atoms with Crippen LogP contribution in [0.15, 0.2) is 30.5 Å². The normalized spacial score (nSPS) is 10.6. The Morgan fingerprint density at radius 2 is 2.00 bits per heavy atom. The Morgan fingerprint density at radius 3 is 2.73 bits per heavy atom. The summed E-state index contributed by atoms with van der Waals surface area (Å²) in [4.78, 5) is 8.48. The molecule has 1 heterocycles.